The molecule has 0 amide bonds. The lowest BCUT2D eigenvalue weighted by atomic mass is 10.1. The van der Waals surface area contributed by atoms with Crippen molar-refractivity contribution in [1.29, 1.82) is 0 Å². The van der Waals surface area contributed by atoms with Gasteiger partial charge in [-0.3, -0.25) is 0 Å². The van der Waals surface area contributed by atoms with Crippen LogP contribution in [0.4, 0.5) is 5.82 Å². The fourth-order valence-electron chi connectivity index (χ4n) is 2.60. The molecule has 3 nitrogen and oxygen atoms in total. The van der Waals surface area contributed by atoms with E-state index >= 15 is 0 Å². The predicted octanol–water partition coefficient (Wildman–Crippen LogP) is 2.42. The second-order valence-electron chi connectivity index (χ2n) is 5.37. The zero-order chi connectivity index (χ0) is 12.5. The average Bonchev–Trinajstić information content (AvgIpc) is 3.05. The lowest BCUT2D eigenvalue weighted by Gasteiger charge is -2.12. The highest BCUT2D eigenvalue weighted by molar-refractivity contribution is 7.80. The number of rotatable bonds is 5. The quantitative estimate of drug-likeness (QED) is 0.799. The minimum Gasteiger partial charge on any atom is -0.389 e. The number of aromatic nitrogens is 1. The summed E-state index contributed by atoms with van der Waals surface area (Å²) in [7, 11) is 0. The molecule has 0 spiro atoms. The largest absolute Gasteiger partial charge is 0.389 e. The predicted molar refractivity (Wildman–Crippen MR) is 78.0 cm³/mol. The number of anilines is 1. The van der Waals surface area contributed by atoms with Crippen LogP contribution in [0.5, 0.6) is 0 Å². The molecule has 1 fully saturated rings. The molecule has 0 saturated heterocycles. The van der Waals surface area contributed by atoms with E-state index in [0.717, 1.165) is 36.7 Å². The van der Waals surface area contributed by atoms with Crippen molar-refractivity contribution < 1.29 is 0 Å². The lowest BCUT2D eigenvalue weighted by Crippen LogP contribution is -2.16. The summed E-state index contributed by atoms with van der Waals surface area (Å²) in [5.74, 6) is 1.82. The summed E-state index contributed by atoms with van der Waals surface area (Å²) >= 11 is 5.13. The van der Waals surface area contributed by atoms with Crippen LogP contribution >= 0.6 is 12.2 Å². The minimum absolute atomic E-state index is 0.450. The Kier molecular flexibility index (Phi) is 3.20. The fourth-order valence-corrected chi connectivity index (χ4v) is 2.75. The topological polar surface area (TPSA) is 50.9 Å². The molecule has 0 bridgehead atoms. The number of hydrogen-bond donors (Lipinski definition) is 2. The number of nitrogens with two attached hydrogens (primary N) is 1. The van der Waals surface area contributed by atoms with Gasteiger partial charge in [0.2, 0.25) is 0 Å². The molecule has 0 aromatic carbocycles. The number of pyridine rings is 1. The van der Waals surface area contributed by atoms with Gasteiger partial charge >= 0.3 is 0 Å². The SMILES string of the molecule is NC(=S)c1cc2c(nc1NCCC1CC1)CCC2. The molecule has 0 atom stereocenters. The molecule has 1 saturated carbocycles. The van der Waals surface area contributed by atoms with E-state index in [0.29, 0.717) is 4.99 Å². The van der Waals surface area contributed by atoms with Crippen LogP contribution in [0.3, 0.4) is 0 Å². The molecule has 96 valence electrons. The molecule has 3 N–H and O–H groups in total. The third-order valence-corrected chi connectivity index (χ3v) is 4.08. The molecule has 3 rings (SSSR count). The van der Waals surface area contributed by atoms with E-state index in [4.69, 9.17) is 22.9 Å². The van der Waals surface area contributed by atoms with Crippen LogP contribution in [0.25, 0.3) is 0 Å². The van der Waals surface area contributed by atoms with Gasteiger partial charge in [-0.05, 0) is 43.2 Å². The Bertz CT molecular complexity index is 480. The van der Waals surface area contributed by atoms with Gasteiger partial charge in [0.25, 0.3) is 0 Å². The van der Waals surface area contributed by atoms with Crippen LogP contribution in [0.1, 0.15) is 42.5 Å². The van der Waals surface area contributed by atoms with Gasteiger partial charge in [0.05, 0.1) is 5.56 Å². The summed E-state index contributed by atoms with van der Waals surface area (Å²) in [6.07, 6.45) is 7.41. The van der Waals surface area contributed by atoms with Gasteiger partial charge in [0.15, 0.2) is 0 Å². The van der Waals surface area contributed by atoms with E-state index in [1.807, 2.05) is 0 Å². The van der Waals surface area contributed by atoms with Crippen LogP contribution in [0.2, 0.25) is 0 Å². The van der Waals surface area contributed by atoms with Crippen LogP contribution in [-0.4, -0.2) is 16.5 Å². The highest BCUT2D eigenvalue weighted by Crippen LogP contribution is 2.32. The van der Waals surface area contributed by atoms with Gasteiger partial charge in [-0.15, -0.1) is 0 Å². The summed E-state index contributed by atoms with van der Waals surface area (Å²) in [4.78, 5) is 5.16. The average molecular weight is 261 g/mol. The van der Waals surface area contributed by atoms with Gasteiger partial charge in [-0.2, -0.15) is 0 Å². The number of nitrogens with one attached hydrogen (secondary N) is 1. The van der Waals surface area contributed by atoms with Crippen molar-refractivity contribution in [2.24, 2.45) is 11.7 Å². The molecule has 1 heterocycles. The van der Waals surface area contributed by atoms with E-state index in [-0.39, 0.29) is 0 Å². The molecule has 1 aromatic rings. The number of nitrogens with zero attached hydrogens (tertiary/aromatic N) is 1. The molecule has 0 radical (unpaired) electrons. The van der Waals surface area contributed by atoms with Gasteiger partial charge in [-0.1, -0.05) is 25.1 Å². The fraction of sp³-hybridized carbons (Fsp3) is 0.571. The molecule has 18 heavy (non-hydrogen) atoms. The van der Waals surface area contributed by atoms with Crippen molar-refractivity contribution >= 4 is 23.0 Å². The molecule has 0 unspecified atom stereocenters. The van der Waals surface area contributed by atoms with Crippen LogP contribution < -0.4 is 11.1 Å². The number of aryl methyl sites for hydroxylation is 2. The number of fused-ring (bicyclic) bond motifs is 1. The van der Waals surface area contributed by atoms with E-state index in [2.05, 4.69) is 11.4 Å². The Morgan fingerprint density at radius 1 is 1.44 bits per heavy atom. The van der Waals surface area contributed by atoms with E-state index < -0.39 is 0 Å². The smallest absolute Gasteiger partial charge is 0.136 e. The Morgan fingerprint density at radius 2 is 2.28 bits per heavy atom. The monoisotopic (exact) mass is 261 g/mol. The third kappa shape index (κ3) is 2.48. The Hall–Kier alpha value is -1.16. The van der Waals surface area contributed by atoms with Crippen molar-refractivity contribution in [3.8, 4) is 0 Å². The molecule has 4 heteroatoms. The Morgan fingerprint density at radius 3 is 3.00 bits per heavy atom. The first-order valence-electron chi connectivity index (χ1n) is 6.80. The Balaban J connectivity index is 1.78. The Labute approximate surface area is 113 Å². The van der Waals surface area contributed by atoms with Gasteiger partial charge in [0.1, 0.15) is 10.8 Å². The molecular formula is C14H19N3S. The summed E-state index contributed by atoms with van der Waals surface area (Å²) in [5, 5.41) is 3.42. The van der Waals surface area contributed by atoms with E-state index in [1.54, 1.807) is 0 Å². The maximum atomic E-state index is 5.80. The van der Waals surface area contributed by atoms with E-state index in [9.17, 15) is 0 Å². The maximum Gasteiger partial charge on any atom is 0.136 e. The number of hydrogen-bond acceptors (Lipinski definition) is 3. The molecule has 2 aliphatic carbocycles. The van der Waals surface area contributed by atoms with Gasteiger partial charge in [-0.25, -0.2) is 4.98 Å². The molecular weight excluding hydrogens is 242 g/mol. The van der Waals surface area contributed by atoms with Crippen molar-refractivity contribution in [1.82, 2.24) is 4.98 Å². The zero-order valence-electron chi connectivity index (χ0n) is 10.5. The minimum atomic E-state index is 0.450. The standard InChI is InChI=1S/C14H19N3S/c15-13(18)11-8-10-2-1-3-12(10)17-14(11)16-7-6-9-4-5-9/h8-9H,1-7H2,(H2,15,18)(H,16,17). The van der Waals surface area contributed by atoms with Crippen molar-refractivity contribution in [3.05, 3.63) is 22.9 Å². The molecule has 0 aliphatic heterocycles. The number of thiocarbonyl (C=S) groups is 1. The normalized spacial score (nSPS) is 17.6. The first-order valence-corrected chi connectivity index (χ1v) is 7.21. The first-order chi connectivity index (χ1) is 8.74. The summed E-state index contributed by atoms with van der Waals surface area (Å²) in [6.45, 7) is 0.978. The second kappa shape index (κ2) is 4.84. The van der Waals surface area contributed by atoms with Crippen LogP contribution in [0.15, 0.2) is 6.07 Å². The highest BCUT2D eigenvalue weighted by Gasteiger charge is 2.21. The summed E-state index contributed by atoms with van der Waals surface area (Å²) in [5.41, 5.74) is 9.27. The van der Waals surface area contributed by atoms with E-state index in [1.165, 1.54) is 36.9 Å². The molecule has 1 aromatic heterocycles. The van der Waals surface area contributed by atoms with Crippen molar-refractivity contribution in [2.45, 2.75) is 38.5 Å². The second-order valence-corrected chi connectivity index (χ2v) is 5.81. The maximum absolute atomic E-state index is 5.80. The van der Waals surface area contributed by atoms with Gasteiger partial charge in [0, 0.05) is 12.2 Å². The zero-order valence-corrected chi connectivity index (χ0v) is 11.4. The summed E-state index contributed by atoms with van der Waals surface area (Å²) < 4.78 is 0. The molecule has 2 aliphatic rings. The van der Waals surface area contributed by atoms with Crippen molar-refractivity contribution in [3.63, 3.8) is 0 Å². The summed E-state index contributed by atoms with van der Waals surface area (Å²) in [6, 6.07) is 2.14. The lowest BCUT2D eigenvalue weighted by molar-refractivity contribution is 0.757. The van der Waals surface area contributed by atoms with Crippen molar-refractivity contribution in [2.75, 3.05) is 11.9 Å². The first kappa shape index (κ1) is 11.9. The van der Waals surface area contributed by atoms with Gasteiger partial charge < -0.3 is 11.1 Å². The van der Waals surface area contributed by atoms with Crippen LogP contribution in [-0.2, 0) is 12.8 Å². The van der Waals surface area contributed by atoms with Crippen LogP contribution in [0, 0.1) is 5.92 Å². The highest BCUT2D eigenvalue weighted by atomic mass is 32.1. The third-order valence-electron chi connectivity index (χ3n) is 3.86.